The lowest BCUT2D eigenvalue weighted by atomic mass is 10.1. The number of hydrogen-bond acceptors (Lipinski definition) is 5. The summed E-state index contributed by atoms with van der Waals surface area (Å²) in [6.07, 6.45) is 3.16. The van der Waals surface area contributed by atoms with E-state index in [4.69, 9.17) is 4.74 Å². The van der Waals surface area contributed by atoms with Gasteiger partial charge in [-0.25, -0.2) is 4.39 Å². The summed E-state index contributed by atoms with van der Waals surface area (Å²) < 4.78 is 19.5. The maximum absolute atomic E-state index is 13.7. The van der Waals surface area contributed by atoms with Crippen LogP contribution in [0, 0.1) is 11.7 Å². The minimum Gasteiger partial charge on any atom is -0.492 e. The second-order valence-corrected chi connectivity index (χ2v) is 8.17. The molecule has 9 heteroatoms. The quantitative estimate of drug-likeness (QED) is 0.601. The molecular weight excluding hydrogens is 403 g/mol. The fourth-order valence-corrected chi connectivity index (χ4v) is 3.60. The molecule has 1 aromatic carbocycles. The van der Waals surface area contributed by atoms with E-state index in [-0.39, 0.29) is 42.6 Å². The van der Waals surface area contributed by atoms with Gasteiger partial charge in [-0.3, -0.25) is 14.4 Å². The number of ether oxygens (including phenoxy) is 1. The van der Waals surface area contributed by atoms with E-state index < -0.39 is 12.1 Å². The first-order chi connectivity index (χ1) is 14.9. The predicted octanol–water partition coefficient (Wildman–Crippen LogP) is 0.598. The van der Waals surface area contributed by atoms with Gasteiger partial charge in [-0.2, -0.15) is 0 Å². The summed E-state index contributed by atoms with van der Waals surface area (Å²) in [6.45, 7) is 2.61. The third-order valence-corrected chi connectivity index (χ3v) is 5.79. The van der Waals surface area contributed by atoms with Crippen molar-refractivity contribution in [2.45, 2.75) is 44.7 Å². The van der Waals surface area contributed by atoms with E-state index in [0.717, 1.165) is 18.4 Å². The number of nitrogens with zero attached hydrogens (tertiary/aromatic N) is 1. The summed E-state index contributed by atoms with van der Waals surface area (Å²) in [4.78, 5) is 38.8. The topological polar surface area (TPSA) is 99.8 Å². The molecule has 1 fully saturated rings. The van der Waals surface area contributed by atoms with Crippen LogP contribution in [0.25, 0.3) is 0 Å². The lowest BCUT2D eigenvalue weighted by Crippen LogP contribution is -2.54. The standard InChI is InChI=1S/C22H31FN4O4/c1-14-21(29)26-13-19(28)24-9-3-4-15-7-8-17(23)12-18(15)31-11-10-25-20(16-5-6-16)22(30)27(14)2/h7-8,12,14,16,20,25H,3-6,9-11,13H2,1-2H3,(H,24,28)(H,26,29)/t14-,20+/m1/s1. The van der Waals surface area contributed by atoms with Gasteiger partial charge >= 0.3 is 0 Å². The summed E-state index contributed by atoms with van der Waals surface area (Å²) in [5.41, 5.74) is 0.855. The fourth-order valence-electron chi connectivity index (χ4n) is 3.60. The van der Waals surface area contributed by atoms with Crippen LogP contribution in [0.15, 0.2) is 18.2 Å². The zero-order chi connectivity index (χ0) is 22.4. The Hall–Kier alpha value is -2.68. The highest BCUT2D eigenvalue weighted by atomic mass is 19.1. The van der Waals surface area contributed by atoms with Gasteiger partial charge in [-0.15, -0.1) is 0 Å². The number of carbonyl (C=O) groups is 3. The maximum atomic E-state index is 13.7. The number of fused-ring (bicyclic) bond motifs is 1. The molecule has 3 N–H and O–H groups in total. The highest BCUT2D eigenvalue weighted by Crippen LogP contribution is 2.33. The first-order valence-corrected chi connectivity index (χ1v) is 10.8. The molecule has 2 atom stereocenters. The molecule has 3 rings (SSSR count). The second kappa shape index (κ2) is 10.6. The number of halogens is 1. The summed E-state index contributed by atoms with van der Waals surface area (Å²) in [5.74, 6) is -0.515. The van der Waals surface area contributed by atoms with Gasteiger partial charge in [0.25, 0.3) is 0 Å². The van der Waals surface area contributed by atoms with E-state index in [1.165, 1.54) is 17.0 Å². The molecule has 0 unspecified atom stereocenters. The Kier molecular flexibility index (Phi) is 7.84. The summed E-state index contributed by atoms with van der Waals surface area (Å²) in [7, 11) is 1.59. The van der Waals surface area contributed by atoms with Crippen LogP contribution in [0.3, 0.4) is 0 Å². The third-order valence-electron chi connectivity index (χ3n) is 5.79. The van der Waals surface area contributed by atoms with Gasteiger partial charge in [0.05, 0.1) is 12.6 Å². The molecule has 1 aliphatic heterocycles. The minimum atomic E-state index is -0.701. The highest BCUT2D eigenvalue weighted by Gasteiger charge is 2.39. The van der Waals surface area contributed by atoms with Gasteiger partial charge in [0.2, 0.25) is 17.7 Å². The van der Waals surface area contributed by atoms with Crippen molar-refractivity contribution in [3.05, 3.63) is 29.6 Å². The molecule has 0 radical (unpaired) electrons. The number of hydrogen-bond donors (Lipinski definition) is 3. The average molecular weight is 435 g/mol. The zero-order valence-electron chi connectivity index (χ0n) is 18.1. The van der Waals surface area contributed by atoms with Gasteiger partial charge in [-0.1, -0.05) is 6.07 Å². The van der Waals surface area contributed by atoms with E-state index in [1.807, 2.05) is 0 Å². The minimum absolute atomic E-state index is 0.152. The Morgan fingerprint density at radius 3 is 2.65 bits per heavy atom. The van der Waals surface area contributed by atoms with Crippen molar-refractivity contribution in [1.82, 2.24) is 20.9 Å². The molecule has 0 saturated heterocycles. The molecule has 0 bridgehead atoms. The zero-order valence-corrected chi connectivity index (χ0v) is 18.1. The molecule has 1 saturated carbocycles. The first-order valence-electron chi connectivity index (χ1n) is 10.8. The molecule has 1 aliphatic carbocycles. The number of nitrogens with one attached hydrogen (secondary N) is 3. The van der Waals surface area contributed by atoms with Crippen LogP contribution in [-0.2, 0) is 20.8 Å². The summed E-state index contributed by atoms with van der Waals surface area (Å²) in [5, 5.41) is 8.60. The number of likely N-dealkylation sites (N-methyl/N-ethyl adjacent to an activating group) is 1. The maximum Gasteiger partial charge on any atom is 0.242 e. The van der Waals surface area contributed by atoms with E-state index in [1.54, 1.807) is 20.0 Å². The predicted molar refractivity (Wildman–Crippen MR) is 113 cm³/mol. The molecule has 170 valence electrons. The largest absolute Gasteiger partial charge is 0.492 e. The Bertz CT molecular complexity index is 815. The molecule has 2 aliphatic rings. The van der Waals surface area contributed by atoms with Crippen molar-refractivity contribution in [2.24, 2.45) is 5.92 Å². The molecule has 1 heterocycles. The lowest BCUT2D eigenvalue weighted by molar-refractivity contribution is -0.140. The van der Waals surface area contributed by atoms with Gasteiger partial charge in [0.1, 0.15) is 24.2 Å². The van der Waals surface area contributed by atoms with Crippen LogP contribution < -0.4 is 20.7 Å². The SMILES string of the molecule is C[C@@H]1C(=O)NCC(=O)NCCCc2ccc(F)cc2OCCN[C@@H](C2CC2)C(=O)N1C. The second-order valence-electron chi connectivity index (χ2n) is 8.17. The Morgan fingerprint density at radius 2 is 1.90 bits per heavy atom. The molecular formula is C22H31FN4O4. The van der Waals surface area contributed by atoms with E-state index in [9.17, 15) is 18.8 Å². The van der Waals surface area contributed by atoms with Gasteiger partial charge in [0, 0.05) is 26.2 Å². The van der Waals surface area contributed by atoms with Gasteiger partial charge < -0.3 is 25.6 Å². The molecule has 0 aromatic heterocycles. The summed E-state index contributed by atoms with van der Waals surface area (Å²) >= 11 is 0. The van der Waals surface area contributed by atoms with Crippen molar-refractivity contribution in [3.8, 4) is 5.75 Å². The third kappa shape index (κ3) is 6.40. The Labute approximate surface area is 181 Å². The van der Waals surface area contributed by atoms with Crippen molar-refractivity contribution in [1.29, 1.82) is 0 Å². The molecule has 3 amide bonds. The highest BCUT2D eigenvalue weighted by molar-refractivity contribution is 5.91. The molecule has 8 nitrogen and oxygen atoms in total. The van der Waals surface area contributed by atoms with Crippen molar-refractivity contribution >= 4 is 17.7 Å². The molecule has 31 heavy (non-hydrogen) atoms. The molecule has 1 aromatic rings. The average Bonchev–Trinajstić information content (AvgIpc) is 3.59. The first kappa shape index (κ1) is 23.0. The smallest absolute Gasteiger partial charge is 0.242 e. The molecule has 0 spiro atoms. The summed E-state index contributed by atoms with van der Waals surface area (Å²) in [6, 6.07) is 3.33. The lowest BCUT2D eigenvalue weighted by Gasteiger charge is -2.29. The number of aryl methyl sites for hydroxylation is 1. The monoisotopic (exact) mass is 434 g/mol. The van der Waals surface area contributed by atoms with E-state index >= 15 is 0 Å². The number of rotatable bonds is 1. The van der Waals surface area contributed by atoms with E-state index in [0.29, 0.717) is 31.7 Å². The van der Waals surface area contributed by atoms with E-state index in [2.05, 4.69) is 16.0 Å². The van der Waals surface area contributed by atoms with Gasteiger partial charge in [-0.05, 0) is 50.2 Å². The van der Waals surface area contributed by atoms with Crippen LogP contribution in [0.4, 0.5) is 4.39 Å². The van der Waals surface area contributed by atoms with Crippen molar-refractivity contribution in [2.75, 3.05) is 33.3 Å². The number of amides is 3. The normalized spacial score (nSPS) is 24.9. The van der Waals surface area contributed by atoms with Crippen LogP contribution in [0.1, 0.15) is 31.7 Å². The van der Waals surface area contributed by atoms with Crippen molar-refractivity contribution in [3.63, 3.8) is 0 Å². The van der Waals surface area contributed by atoms with Crippen LogP contribution in [-0.4, -0.2) is 68.0 Å². The van der Waals surface area contributed by atoms with Crippen LogP contribution >= 0.6 is 0 Å². The number of carbonyl (C=O) groups excluding carboxylic acids is 3. The van der Waals surface area contributed by atoms with Gasteiger partial charge in [0.15, 0.2) is 0 Å². The Balaban J connectivity index is 1.73. The number of benzene rings is 1. The van der Waals surface area contributed by atoms with Crippen molar-refractivity contribution < 1.29 is 23.5 Å². The fraction of sp³-hybridized carbons (Fsp3) is 0.591. The Morgan fingerprint density at radius 1 is 1.13 bits per heavy atom. The van der Waals surface area contributed by atoms with Crippen LogP contribution in [0.5, 0.6) is 5.75 Å². The van der Waals surface area contributed by atoms with Crippen LogP contribution in [0.2, 0.25) is 0 Å².